The van der Waals surface area contributed by atoms with Crippen LogP contribution in [-0.4, -0.2) is 94.5 Å². The monoisotopic (exact) mass is 497 g/mol. The highest BCUT2D eigenvalue weighted by atomic mass is 28.3. The van der Waals surface area contributed by atoms with Gasteiger partial charge in [-0.3, -0.25) is 4.79 Å². The van der Waals surface area contributed by atoms with E-state index >= 15 is 0 Å². The Bertz CT molecular complexity index is 1100. The van der Waals surface area contributed by atoms with Gasteiger partial charge in [-0.15, -0.1) is 0 Å². The number of rotatable bonds is 11. The Kier molecular flexibility index (Phi) is 7.88. The van der Waals surface area contributed by atoms with Crippen molar-refractivity contribution < 1.29 is 23.6 Å². The van der Waals surface area contributed by atoms with Crippen molar-refractivity contribution in [1.82, 2.24) is 9.88 Å². The van der Waals surface area contributed by atoms with Crippen LogP contribution in [0.1, 0.15) is 11.1 Å². The maximum absolute atomic E-state index is 12.2. The lowest BCUT2D eigenvalue weighted by atomic mass is 9.94. The van der Waals surface area contributed by atoms with Crippen LogP contribution in [0.25, 0.3) is 0 Å². The molecular formula is C26H37N4O4Si+. The van der Waals surface area contributed by atoms with Crippen LogP contribution in [0.2, 0.25) is 25.7 Å². The smallest absolute Gasteiger partial charge is 0.253 e. The quantitative estimate of drug-likeness (QED) is 0.270. The lowest BCUT2D eigenvalue weighted by molar-refractivity contribution is -0.500. The molecule has 9 heteroatoms. The number of pyridine rings is 1. The molecule has 35 heavy (non-hydrogen) atoms. The molecule has 0 atom stereocenters. The minimum absolute atomic E-state index is 0.111. The van der Waals surface area contributed by atoms with Crippen LogP contribution in [0.4, 0.5) is 11.5 Å². The van der Waals surface area contributed by atoms with Crippen LogP contribution in [0.15, 0.2) is 36.5 Å². The second kappa shape index (κ2) is 10.9. The van der Waals surface area contributed by atoms with Crippen LogP contribution in [0, 0.1) is 0 Å². The minimum atomic E-state index is -1.16. The number of carbonyl (C=O) groups excluding carboxylic acids is 1. The Labute approximate surface area is 209 Å². The molecule has 1 amide bonds. The van der Waals surface area contributed by atoms with Crippen LogP contribution < -0.4 is 9.64 Å². The number of carbonyl (C=O) groups is 1. The van der Waals surface area contributed by atoms with Crippen LogP contribution in [0.5, 0.6) is 5.75 Å². The SMILES string of the molecule is COCCOc1ccc2c(c1)C(c1ccnc(N3CCN(C)C(=O)C3)c1)=[N+]2COCC[Si](C)(C)C. The molecule has 2 aliphatic heterocycles. The van der Waals surface area contributed by atoms with E-state index in [1.54, 1.807) is 12.0 Å². The fourth-order valence-corrected chi connectivity index (χ4v) is 4.91. The molecule has 4 rings (SSSR count). The van der Waals surface area contributed by atoms with Crippen molar-refractivity contribution >= 4 is 31.2 Å². The highest BCUT2D eigenvalue weighted by Crippen LogP contribution is 2.36. The van der Waals surface area contributed by atoms with E-state index in [4.69, 9.17) is 14.2 Å². The first-order chi connectivity index (χ1) is 16.8. The van der Waals surface area contributed by atoms with Crippen LogP contribution >= 0.6 is 0 Å². The van der Waals surface area contributed by atoms with Crippen molar-refractivity contribution in [3.63, 3.8) is 0 Å². The maximum atomic E-state index is 12.2. The van der Waals surface area contributed by atoms with Gasteiger partial charge in [0, 0.05) is 53.7 Å². The largest absolute Gasteiger partial charge is 0.491 e. The molecule has 3 heterocycles. The number of hydrogen-bond donors (Lipinski definition) is 0. The molecule has 1 fully saturated rings. The van der Waals surface area contributed by atoms with Gasteiger partial charge in [-0.2, -0.15) is 4.58 Å². The van der Waals surface area contributed by atoms with Crippen molar-refractivity contribution in [1.29, 1.82) is 0 Å². The Morgan fingerprint density at radius 1 is 1.09 bits per heavy atom. The summed E-state index contributed by atoms with van der Waals surface area (Å²) in [5.74, 6) is 1.74. The second-order valence-electron chi connectivity index (χ2n) is 10.3. The van der Waals surface area contributed by atoms with E-state index in [0.29, 0.717) is 33.0 Å². The lowest BCUT2D eigenvalue weighted by Crippen LogP contribution is -2.48. The molecule has 2 aromatic rings. The van der Waals surface area contributed by atoms with Crippen LogP contribution in [-0.2, 0) is 14.3 Å². The Balaban J connectivity index is 1.59. The number of fused-ring (bicyclic) bond motifs is 1. The number of ether oxygens (including phenoxy) is 3. The first-order valence-electron chi connectivity index (χ1n) is 12.2. The average molecular weight is 498 g/mol. The van der Waals surface area contributed by atoms with Gasteiger partial charge in [-0.05, 0) is 24.2 Å². The number of nitrogens with zero attached hydrogens (tertiary/aromatic N) is 4. The number of piperazine rings is 1. The molecule has 188 valence electrons. The Morgan fingerprint density at radius 3 is 2.66 bits per heavy atom. The molecule has 0 spiro atoms. The molecule has 0 N–H and O–H groups in total. The highest BCUT2D eigenvalue weighted by molar-refractivity contribution is 6.76. The van der Waals surface area contributed by atoms with E-state index in [0.717, 1.165) is 53.3 Å². The van der Waals surface area contributed by atoms with Crippen molar-refractivity contribution in [2.75, 3.05) is 65.2 Å². The average Bonchev–Trinajstić information content (AvgIpc) is 2.81. The van der Waals surface area contributed by atoms with Gasteiger partial charge in [0.15, 0.2) is 0 Å². The fraction of sp³-hybridized carbons (Fsp3) is 0.500. The number of methoxy groups -OCH3 is 1. The van der Waals surface area contributed by atoms with Crippen molar-refractivity contribution in [2.24, 2.45) is 0 Å². The highest BCUT2D eigenvalue weighted by Gasteiger charge is 2.38. The molecule has 2 aliphatic rings. The van der Waals surface area contributed by atoms with E-state index in [1.165, 1.54) is 0 Å². The van der Waals surface area contributed by atoms with Crippen molar-refractivity contribution in [3.8, 4) is 5.75 Å². The number of benzene rings is 1. The van der Waals surface area contributed by atoms with E-state index < -0.39 is 8.07 Å². The molecule has 1 saturated heterocycles. The summed E-state index contributed by atoms with van der Waals surface area (Å²) in [4.78, 5) is 20.6. The van der Waals surface area contributed by atoms with Crippen LogP contribution in [0.3, 0.4) is 0 Å². The summed E-state index contributed by atoms with van der Waals surface area (Å²) in [7, 11) is 2.36. The predicted octanol–water partition coefficient (Wildman–Crippen LogP) is 3.19. The maximum Gasteiger partial charge on any atom is 0.253 e. The summed E-state index contributed by atoms with van der Waals surface area (Å²) in [5, 5.41) is 0. The molecular weight excluding hydrogens is 460 g/mol. The fourth-order valence-electron chi connectivity index (χ4n) is 4.16. The zero-order valence-corrected chi connectivity index (χ0v) is 22.5. The molecule has 0 bridgehead atoms. The second-order valence-corrected chi connectivity index (χ2v) is 15.9. The number of amides is 1. The minimum Gasteiger partial charge on any atom is -0.491 e. The molecule has 1 aromatic carbocycles. The first-order valence-corrected chi connectivity index (χ1v) is 15.9. The third kappa shape index (κ3) is 6.09. The van der Waals surface area contributed by atoms with E-state index in [-0.39, 0.29) is 5.91 Å². The van der Waals surface area contributed by atoms with Gasteiger partial charge in [0.1, 0.15) is 23.7 Å². The topological polar surface area (TPSA) is 67.1 Å². The van der Waals surface area contributed by atoms with Gasteiger partial charge in [0.05, 0.1) is 25.3 Å². The summed E-state index contributed by atoms with van der Waals surface area (Å²) in [6.07, 6.45) is 1.82. The summed E-state index contributed by atoms with van der Waals surface area (Å²) < 4.78 is 19.3. The molecule has 1 aromatic heterocycles. The molecule has 0 radical (unpaired) electrons. The number of hydrogen-bond acceptors (Lipinski definition) is 6. The summed E-state index contributed by atoms with van der Waals surface area (Å²) >= 11 is 0. The number of aromatic nitrogens is 1. The number of likely N-dealkylation sites (N-methyl/N-ethyl adjacent to an activating group) is 1. The van der Waals surface area contributed by atoms with Gasteiger partial charge in [-0.25, -0.2) is 4.98 Å². The van der Waals surface area contributed by atoms with Gasteiger partial charge < -0.3 is 24.0 Å². The third-order valence-corrected chi connectivity index (χ3v) is 8.06. The first kappa shape index (κ1) is 25.3. The lowest BCUT2D eigenvalue weighted by Gasteiger charge is -2.32. The third-order valence-electron chi connectivity index (χ3n) is 6.36. The summed E-state index contributed by atoms with van der Waals surface area (Å²) in [6, 6.07) is 11.4. The standard InChI is InChI=1S/C26H37N4O4Si/c1-28-10-11-29(18-25(28)31)24-16-20(8-9-27-24)26-22-17-21(34-13-12-32-2)6-7-23(22)30(26)19-33-14-15-35(3,4)5/h6-9,16-17H,10-15,18-19H2,1-5H3/q+1. The zero-order chi connectivity index (χ0) is 25.0. The van der Waals surface area contributed by atoms with Gasteiger partial charge >= 0.3 is 0 Å². The van der Waals surface area contributed by atoms with Crippen molar-refractivity contribution in [2.45, 2.75) is 25.7 Å². The van der Waals surface area contributed by atoms with E-state index in [9.17, 15) is 4.79 Å². The molecule has 0 aliphatic carbocycles. The Hall–Kier alpha value is -2.75. The number of anilines is 1. The van der Waals surface area contributed by atoms with Gasteiger partial charge in [0.25, 0.3) is 6.73 Å². The molecule has 0 saturated carbocycles. The Morgan fingerprint density at radius 2 is 1.91 bits per heavy atom. The normalized spacial score (nSPS) is 15.9. The predicted molar refractivity (Wildman–Crippen MR) is 140 cm³/mol. The van der Waals surface area contributed by atoms with E-state index in [1.807, 2.05) is 30.3 Å². The van der Waals surface area contributed by atoms with Crippen molar-refractivity contribution in [3.05, 3.63) is 47.7 Å². The van der Waals surface area contributed by atoms with Gasteiger partial charge in [0.2, 0.25) is 17.3 Å². The van der Waals surface area contributed by atoms with Gasteiger partial charge in [-0.1, -0.05) is 19.6 Å². The molecule has 8 nitrogen and oxygen atoms in total. The van der Waals surface area contributed by atoms with E-state index in [2.05, 4.69) is 47.4 Å². The summed E-state index contributed by atoms with van der Waals surface area (Å²) in [6.45, 7) is 11.2. The zero-order valence-electron chi connectivity index (χ0n) is 21.5. The summed E-state index contributed by atoms with van der Waals surface area (Å²) in [5.41, 5.74) is 4.39. The molecule has 0 unspecified atom stereocenters.